The zero-order valence-electron chi connectivity index (χ0n) is 10.9. The number of halogens is 1. The molecular weight excluding hydrogens is 268 g/mol. The molecule has 0 fully saturated rings. The van der Waals surface area contributed by atoms with Gasteiger partial charge in [0.1, 0.15) is 17.1 Å². The lowest BCUT2D eigenvalue weighted by Crippen LogP contribution is -2.05. The predicted octanol–water partition coefficient (Wildman–Crippen LogP) is 2.52. The molecule has 0 spiro atoms. The Morgan fingerprint density at radius 2 is 2.11 bits per heavy atom. The third-order valence-corrected chi connectivity index (χ3v) is 2.85. The predicted molar refractivity (Wildman–Crippen MR) is 74.1 cm³/mol. The van der Waals surface area contributed by atoms with E-state index in [1.165, 1.54) is 7.11 Å². The van der Waals surface area contributed by atoms with Crippen molar-refractivity contribution in [3.05, 3.63) is 35.7 Å². The summed E-state index contributed by atoms with van der Waals surface area (Å²) in [6.07, 6.45) is 3.48. The van der Waals surface area contributed by atoms with Crippen LogP contribution in [0, 0.1) is 6.92 Å². The first kappa shape index (κ1) is 15.0. The van der Waals surface area contributed by atoms with E-state index in [-0.39, 0.29) is 18.0 Å². The summed E-state index contributed by atoms with van der Waals surface area (Å²) in [4.78, 5) is 15.4. The molecule has 0 saturated heterocycles. The maximum Gasteiger partial charge on any atom is 0.339 e. The average Bonchev–Trinajstić information content (AvgIpc) is 2.74. The number of nitrogens with zero attached hydrogens (tertiary/aromatic N) is 2. The zero-order valence-corrected chi connectivity index (χ0v) is 11.7. The van der Waals surface area contributed by atoms with Crippen LogP contribution in [0.1, 0.15) is 15.9 Å². The molecule has 1 aromatic carbocycles. The Bertz CT molecular complexity index is 608. The number of ether oxygens (including phenoxy) is 1. The van der Waals surface area contributed by atoms with E-state index in [9.17, 15) is 9.90 Å². The molecule has 102 valence electrons. The minimum Gasteiger partial charge on any atom is -0.495 e. The van der Waals surface area contributed by atoms with Crippen LogP contribution in [0.25, 0.3) is 11.4 Å². The average molecular weight is 283 g/mol. The lowest BCUT2D eigenvalue weighted by molar-refractivity contribution is 0.0693. The van der Waals surface area contributed by atoms with E-state index < -0.39 is 5.97 Å². The standard InChI is InChI=1S/C13H14N2O3.ClH/c1-8-4-5-9(13(16)17)11(18-3)10(8)12-14-6-7-15(12)2;/h4-7H,1-3H3,(H,16,17);1H. The molecule has 0 aliphatic heterocycles. The Labute approximate surface area is 117 Å². The molecule has 1 aromatic heterocycles. The van der Waals surface area contributed by atoms with E-state index in [4.69, 9.17) is 4.74 Å². The van der Waals surface area contributed by atoms with Crippen molar-refractivity contribution in [1.29, 1.82) is 0 Å². The molecule has 0 saturated carbocycles. The number of hydrogen-bond donors (Lipinski definition) is 1. The minimum atomic E-state index is -1.01. The van der Waals surface area contributed by atoms with Crippen molar-refractivity contribution in [2.75, 3.05) is 7.11 Å². The van der Waals surface area contributed by atoms with Crippen LogP contribution in [0.4, 0.5) is 0 Å². The van der Waals surface area contributed by atoms with Crippen LogP contribution in [0.15, 0.2) is 24.5 Å². The first-order valence-corrected chi connectivity index (χ1v) is 5.44. The van der Waals surface area contributed by atoms with Crippen molar-refractivity contribution in [3.63, 3.8) is 0 Å². The van der Waals surface area contributed by atoms with Gasteiger partial charge in [-0.2, -0.15) is 0 Å². The Kier molecular flexibility index (Phi) is 4.56. The maximum absolute atomic E-state index is 11.2. The SMILES string of the molecule is COc1c(C(=O)O)ccc(C)c1-c1nccn1C.Cl. The molecule has 0 aliphatic rings. The zero-order chi connectivity index (χ0) is 13.3. The topological polar surface area (TPSA) is 64.3 Å². The highest BCUT2D eigenvalue weighted by molar-refractivity contribution is 5.94. The molecule has 0 bridgehead atoms. The first-order valence-electron chi connectivity index (χ1n) is 5.44. The van der Waals surface area contributed by atoms with Crippen molar-refractivity contribution in [3.8, 4) is 17.1 Å². The second kappa shape index (κ2) is 5.75. The van der Waals surface area contributed by atoms with E-state index >= 15 is 0 Å². The van der Waals surface area contributed by atoms with Gasteiger partial charge < -0.3 is 14.4 Å². The summed E-state index contributed by atoms with van der Waals surface area (Å²) in [5, 5.41) is 9.17. The van der Waals surface area contributed by atoms with Gasteiger partial charge in [-0.3, -0.25) is 0 Å². The second-order valence-corrected chi connectivity index (χ2v) is 4.01. The van der Waals surface area contributed by atoms with Crippen molar-refractivity contribution >= 4 is 18.4 Å². The maximum atomic E-state index is 11.2. The number of methoxy groups -OCH3 is 1. The molecule has 1 N–H and O–H groups in total. The largest absolute Gasteiger partial charge is 0.495 e. The molecule has 0 radical (unpaired) electrons. The Hall–Kier alpha value is -2.01. The van der Waals surface area contributed by atoms with E-state index in [0.29, 0.717) is 17.1 Å². The summed E-state index contributed by atoms with van der Waals surface area (Å²) in [7, 11) is 3.32. The fourth-order valence-corrected chi connectivity index (χ4v) is 1.95. The molecule has 6 heteroatoms. The third kappa shape index (κ3) is 2.56. The van der Waals surface area contributed by atoms with E-state index in [1.807, 2.05) is 24.7 Å². The first-order chi connectivity index (χ1) is 8.56. The fraction of sp³-hybridized carbons (Fsp3) is 0.231. The van der Waals surface area contributed by atoms with Gasteiger partial charge in [0.05, 0.1) is 12.7 Å². The highest BCUT2D eigenvalue weighted by atomic mass is 35.5. The van der Waals surface area contributed by atoms with Gasteiger partial charge in [0.25, 0.3) is 0 Å². The van der Waals surface area contributed by atoms with Crippen LogP contribution in [-0.4, -0.2) is 27.7 Å². The van der Waals surface area contributed by atoms with E-state index in [0.717, 1.165) is 5.56 Å². The van der Waals surface area contributed by atoms with Crippen LogP contribution >= 0.6 is 12.4 Å². The number of carboxylic acid groups (broad SMARTS) is 1. The van der Waals surface area contributed by atoms with Gasteiger partial charge in [0.2, 0.25) is 0 Å². The van der Waals surface area contributed by atoms with Gasteiger partial charge in [-0.1, -0.05) is 6.07 Å². The number of aryl methyl sites for hydroxylation is 2. The second-order valence-electron chi connectivity index (χ2n) is 4.01. The van der Waals surface area contributed by atoms with Crippen LogP contribution in [0.5, 0.6) is 5.75 Å². The van der Waals surface area contributed by atoms with Crippen LogP contribution < -0.4 is 4.74 Å². The van der Waals surface area contributed by atoms with Crippen molar-refractivity contribution in [1.82, 2.24) is 9.55 Å². The molecule has 0 aliphatic carbocycles. The highest BCUT2D eigenvalue weighted by Crippen LogP contribution is 2.34. The summed E-state index contributed by atoms with van der Waals surface area (Å²) in [5.74, 6) is 0.0200. The Morgan fingerprint density at radius 3 is 2.58 bits per heavy atom. The van der Waals surface area contributed by atoms with Crippen molar-refractivity contribution in [2.45, 2.75) is 6.92 Å². The number of rotatable bonds is 3. The number of hydrogen-bond acceptors (Lipinski definition) is 3. The Morgan fingerprint density at radius 1 is 1.42 bits per heavy atom. The van der Waals surface area contributed by atoms with Gasteiger partial charge in [-0.05, 0) is 18.6 Å². The molecule has 0 amide bonds. The molecular formula is C13H15ClN2O3. The van der Waals surface area contributed by atoms with Crippen molar-refractivity contribution < 1.29 is 14.6 Å². The molecule has 0 atom stereocenters. The lowest BCUT2D eigenvalue weighted by Gasteiger charge is -2.13. The van der Waals surface area contributed by atoms with Crippen LogP contribution in [0.3, 0.4) is 0 Å². The summed E-state index contributed by atoms with van der Waals surface area (Å²) < 4.78 is 7.09. The monoisotopic (exact) mass is 282 g/mol. The third-order valence-electron chi connectivity index (χ3n) is 2.85. The smallest absolute Gasteiger partial charge is 0.339 e. The molecule has 1 heterocycles. The minimum absolute atomic E-state index is 0. The van der Waals surface area contributed by atoms with Gasteiger partial charge in [-0.15, -0.1) is 12.4 Å². The number of carbonyl (C=O) groups is 1. The normalized spacial score (nSPS) is 9.84. The number of benzene rings is 1. The summed E-state index contributed by atoms with van der Waals surface area (Å²) >= 11 is 0. The number of aromatic nitrogens is 2. The highest BCUT2D eigenvalue weighted by Gasteiger charge is 2.20. The molecule has 2 rings (SSSR count). The number of imidazole rings is 1. The molecule has 19 heavy (non-hydrogen) atoms. The summed E-state index contributed by atoms with van der Waals surface area (Å²) in [5.41, 5.74) is 1.78. The van der Waals surface area contributed by atoms with E-state index in [2.05, 4.69) is 4.98 Å². The molecule has 5 nitrogen and oxygen atoms in total. The lowest BCUT2D eigenvalue weighted by atomic mass is 10.0. The summed E-state index contributed by atoms with van der Waals surface area (Å²) in [6, 6.07) is 3.30. The van der Waals surface area contributed by atoms with Gasteiger partial charge in [0, 0.05) is 19.4 Å². The Balaban J connectivity index is 0.00000180. The number of carboxylic acids is 1. The van der Waals surface area contributed by atoms with Gasteiger partial charge >= 0.3 is 5.97 Å². The van der Waals surface area contributed by atoms with Gasteiger partial charge in [0.15, 0.2) is 0 Å². The molecule has 2 aromatic rings. The molecule has 0 unspecified atom stereocenters. The van der Waals surface area contributed by atoms with Crippen molar-refractivity contribution in [2.24, 2.45) is 7.05 Å². The number of aromatic carboxylic acids is 1. The quantitative estimate of drug-likeness (QED) is 0.939. The van der Waals surface area contributed by atoms with Crippen LogP contribution in [0.2, 0.25) is 0 Å². The van der Waals surface area contributed by atoms with Gasteiger partial charge in [-0.25, -0.2) is 9.78 Å². The van der Waals surface area contributed by atoms with Crippen LogP contribution in [-0.2, 0) is 7.05 Å². The van der Waals surface area contributed by atoms with E-state index in [1.54, 1.807) is 18.3 Å². The summed E-state index contributed by atoms with van der Waals surface area (Å²) in [6.45, 7) is 1.90. The fourth-order valence-electron chi connectivity index (χ4n) is 1.95.